The number of benzene rings is 1. The third-order valence-electron chi connectivity index (χ3n) is 5.55. The molecule has 4 rings (SSSR count). The number of hydrogen-bond acceptors (Lipinski definition) is 4. The van der Waals surface area contributed by atoms with E-state index in [9.17, 15) is 9.59 Å². The molecule has 0 aromatic heterocycles. The van der Waals surface area contributed by atoms with Gasteiger partial charge in [-0.1, -0.05) is 23.8 Å². The van der Waals surface area contributed by atoms with Crippen molar-refractivity contribution < 1.29 is 19.1 Å². The fourth-order valence-electron chi connectivity index (χ4n) is 4.43. The third kappa shape index (κ3) is 1.94. The van der Waals surface area contributed by atoms with Crippen LogP contribution in [0.3, 0.4) is 0 Å². The van der Waals surface area contributed by atoms with Crippen LogP contribution in [-0.2, 0) is 9.59 Å². The molecule has 2 aliphatic carbocycles. The summed E-state index contributed by atoms with van der Waals surface area (Å²) in [6, 6.07) is 3.17. The summed E-state index contributed by atoms with van der Waals surface area (Å²) < 4.78 is 10.6. The number of methoxy groups -OCH3 is 2. The highest BCUT2D eigenvalue weighted by atomic mass is 35.5. The van der Waals surface area contributed by atoms with Crippen LogP contribution in [0.5, 0.6) is 11.5 Å². The molecule has 3 unspecified atom stereocenters. The number of ether oxygens (including phenoxy) is 2. The van der Waals surface area contributed by atoms with Crippen LogP contribution in [0, 0.1) is 17.3 Å². The molecule has 24 heavy (non-hydrogen) atoms. The Morgan fingerprint density at radius 3 is 2.50 bits per heavy atom. The average Bonchev–Trinajstić information content (AvgIpc) is 3.22. The summed E-state index contributed by atoms with van der Waals surface area (Å²) >= 11 is 6.13. The van der Waals surface area contributed by atoms with Gasteiger partial charge in [-0.25, -0.2) is 4.90 Å². The molecule has 1 aliphatic heterocycles. The summed E-state index contributed by atoms with van der Waals surface area (Å²) in [5.41, 5.74) is -0.189. The smallest absolute Gasteiger partial charge is 0.241 e. The van der Waals surface area contributed by atoms with Gasteiger partial charge in [0, 0.05) is 18.6 Å². The lowest BCUT2D eigenvalue weighted by Crippen LogP contribution is -2.38. The standard InChI is InChI=1S/C18H18ClNO4/c1-23-14-7-13(15(24-2)6-12(14)19)20-16(21)9-18(17(20)22)8-10-3-4-11(18)5-10/h3-4,6-7,10-11H,5,8-9H2,1-2H3. The lowest BCUT2D eigenvalue weighted by molar-refractivity contribution is -0.126. The molecule has 1 spiro atoms. The molecular formula is C18H18ClNO4. The summed E-state index contributed by atoms with van der Waals surface area (Å²) in [6.45, 7) is 0. The molecule has 1 aromatic carbocycles. The number of hydrogen-bond donors (Lipinski definition) is 0. The lowest BCUT2D eigenvalue weighted by atomic mass is 9.74. The molecule has 1 saturated carbocycles. The maximum absolute atomic E-state index is 13.2. The molecule has 2 bridgehead atoms. The fraction of sp³-hybridized carbons (Fsp3) is 0.444. The molecule has 1 heterocycles. The summed E-state index contributed by atoms with van der Waals surface area (Å²) in [6.07, 6.45) is 6.24. The second-order valence-electron chi connectivity index (χ2n) is 6.72. The van der Waals surface area contributed by atoms with Crippen LogP contribution in [-0.4, -0.2) is 26.0 Å². The summed E-state index contributed by atoms with van der Waals surface area (Å²) in [5.74, 6) is 1.04. The molecular weight excluding hydrogens is 330 g/mol. The molecule has 3 atom stereocenters. The van der Waals surface area contributed by atoms with Gasteiger partial charge in [-0.3, -0.25) is 9.59 Å². The zero-order valence-corrected chi connectivity index (χ0v) is 14.3. The van der Waals surface area contributed by atoms with Crippen molar-refractivity contribution in [2.24, 2.45) is 17.3 Å². The van der Waals surface area contributed by atoms with Gasteiger partial charge in [-0.15, -0.1) is 0 Å². The Bertz CT molecular complexity index is 775. The highest BCUT2D eigenvalue weighted by molar-refractivity contribution is 6.32. The van der Waals surface area contributed by atoms with Crippen molar-refractivity contribution in [3.8, 4) is 11.5 Å². The Kier molecular flexibility index (Phi) is 3.39. The number of nitrogens with zero attached hydrogens (tertiary/aromatic N) is 1. The monoisotopic (exact) mass is 347 g/mol. The highest BCUT2D eigenvalue weighted by Gasteiger charge is 2.61. The van der Waals surface area contributed by atoms with E-state index < -0.39 is 5.41 Å². The zero-order chi connectivity index (χ0) is 17.1. The molecule has 5 nitrogen and oxygen atoms in total. The number of imide groups is 1. The molecule has 6 heteroatoms. The number of anilines is 1. The summed E-state index contributed by atoms with van der Waals surface area (Å²) in [4.78, 5) is 27.2. The van der Waals surface area contributed by atoms with Crippen LogP contribution in [0.1, 0.15) is 19.3 Å². The topological polar surface area (TPSA) is 55.8 Å². The van der Waals surface area contributed by atoms with Gasteiger partial charge in [0.1, 0.15) is 11.5 Å². The fourth-order valence-corrected chi connectivity index (χ4v) is 4.66. The van der Waals surface area contributed by atoms with Gasteiger partial charge >= 0.3 is 0 Å². The van der Waals surface area contributed by atoms with Crippen molar-refractivity contribution in [1.29, 1.82) is 0 Å². The maximum Gasteiger partial charge on any atom is 0.241 e. The molecule has 0 N–H and O–H groups in total. The van der Waals surface area contributed by atoms with E-state index in [1.54, 1.807) is 12.1 Å². The Labute approximate surface area is 145 Å². The van der Waals surface area contributed by atoms with E-state index in [-0.39, 0.29) is 24.2 Å². The van der Waals surface area contributed by atoms with E-state index in [1.165, 1.54) is 19.1 Å². The zero-order valence-electron chi connectivity index (χ0n) is 13.5. The van der Waals surface area contributed by atoms with Gasteiger partial charge in [-0.2, -0.15) is 0 Å². The van der Waals surface area contributed by atoms with Gasteiger partial charge in [0.25, 0.3) is 0 Å². The van der Waals surface area contributed by atoms with Gasteiger partial charge in [0.15, 0.2) is 0 Å². The van der Waals surface area contributed by atoms with Gasteiger partial charge in [-0.05, 0) is 24.7 Å². The number of carbonyl (C=O) groups is 2. The van der Waals surface area contributed by atoms with E-state index in [0.29, 0.717) is 28.1 Å². The Hall–Kier alpha value is -2.01. The van der Waals surface area contributed by atoms with E-state index in [4.69, 9.17) is 21.1 Å². The van der Waals surface area contributed by atoms with Crippen molar-refractivity contribution in [1.82, 2.24) is 0 Å². The van der Waals surface area contributed by atoms with Gasteiger partial charge in [0.2, 0.25) is 11.8 Å². The van der Waals surface area contributed by atoms with Gasteiger partial charge in [0.05, 0.1) is 30.3 Å². The van der Waals surface area contributed by atoms with Crippen LogP contribution in [0.4, 0.5) is 5.69 Å². The second kappa shape index (κ2) is 5.24. The molecule has 0 radical (unpaired) electrons. The molecule has 1 aromatic rings. The predicted octanol–water partition coefficient (Wildman–Crippen LogP) is 3.20. The quantitative estimate of drug-likeness (QED) is 0.622. The number of fused-ring (bicyclic) bond motifs is 3. The molecule has 1 saturated heterocycles. The first-order chi connectivity index (χ1) is 11.5. The minimum Gasteiger partial charge on any atom is -0.495 e. The van der Waals surface area contributed by atoms with Crippen LogP contribution < -0.4 is 14.4 Å². The van der Waals surface area contributed by atoms with Crippen molar-refractivity contribution in [2.45, 2.75) is 19.3 Å². The van der Waals surface area contributed by atoms with E-state index in [1.807, 2.05) is 0 Å². The first-order valence-corrected chi connectivity index (χ1v) is 8.35. The Balaban J connectivity index is 1.79. The predicted molar refractivity (Wildman–Crippen MR) is 89.5 cm³/mol. The maximum atomic E-state index is 13.2. The van der Waals surface area contributed by atoms with Crippen LogP contribution in [0.25, 0.3) is 0 Å². The first-order valence-electron chi connectivity index (χ1n) is 7.97. The molecule has 2 amide bonds. The number of carbonyl (C=O) groups excluding carboxylic acids is 2. The van der Waals surface area contributed by atoms with Gasteiger partial charge < -0.3 is 9.47 Å². The van der Waals surface area contributed by atoms with E-state index in [0.717, 1.165) is 12.8 Å². The highest BCUT2D eigenvalue weighted by Crippen LogP contribution is 2.58. The first kappa shape index (κ1) is 15.5. The van der Waals surface area contributed by atoms with E-state index in [2.05, 4.69) is 12.2 Å². The molecule has 126 valence electrons. The van der Waals surface area contributed by atoms with Crippen LogP contribution in [0.15, 0.2) is 24.3 Å². The average molecular weight is 348 g/mol. The SMILES string of the molecule is COc1cc(N2C(=O)CC3(CC4C=CC3C4)C2=O)c(OC)cc1Cl. The summed E-state index contributed by atoms with van der Waals surface area (Å²) in [5, 5.41) is 0.370. The van der Waals surface area contributed by atoms with Crippen LogP contribution in [0.2, 0.25) is 5.02 Å². The number of rotatable bonds is 3. The lowest BCUT2D eigenvalue weighted by Gasteiger charge is -2.28. The minimum absolute atomic E-state index is 0.132. The number of allylic oxidation sites excluding steroid dienone is 2. The van der Waals surface area contributed by atoms with Crippen molar-refractivity contribution in [3.05, 3.63) is 29.3 Å². The largest absolute Gasteiger partial charge is 0.495 e. The Morgan fingerprint density at radius 1 is 1.17 bits per heavy atom. The minimum atomic E-state index is -0.589. The van der Waals surface area contributed by atoms with Crippen LogP contribution >= 0.6 is 11.6 Å². The molecule has 2 fully saturated rings. The number of amides is 2. The Morgan fingerprint density at radius 2 is 1.92 bits per heavy atom. The number of halogens is 1. The third-order valence-corrected chi connectivity index (χ3v) is 5.84. The normalized spacial score (nSPS) is 30.7. The van der Waals surface area contributed by atoms with Crippen molar-refractivity contribution >= 4 is 29.1 Å². The van der Waals surface area contributed by atoms with E-state index >= 15 is 0 Å². The second-order valence-corrected chi connectivity index (χ2v) is 7.12. The molecule has 3 aliphatic rings. The summed E-state index contributed by atoms with van der Waals surface area (Å²) in [7, 11) is 2.98. The van der Waals surface area contributed by atoms with Crippen molar-refractivity contribution in [2.75, 3.05) is 19.1 Å². The van der Waals surface area contributed by atoms with Crippen molar-refractivity contribution in [3.63, 3.8) is 0 Å².